The molecular formula is C9H11ClN2O3S. The molecule has 5 nitrogen and oxygen atoms in total. The van der Waals surface area contributed by atoms with Gasteiger partial charge in [0.1, 0.15) is 0 Å². The van der Waals surface area contributed by atoms with Crippen molar-refractivity contribution in [3.8, 4) is 0 Å². The van der Waals surface area contributed by atoms with E-state index in [1.807, 2.05) is 0 Å². The van der Waals surface area contributed by atoms with Gasteiger partial charge in [-0.05, 0) is 18.2 Å². The van der Waals surface area contributed by atoms with E-state index in [-0.39, 0.29) is 11.4 Å². The van der Waals surface area contributed by atoms with Crippen molar-refractivity contribution < 1.29 is 13.2 Å². The molecule has 0 bridgehead atoms. The van der Waals surface area contributed by atoms with Gasteiger partial charge in [0.15, 0.2) is 0 Å². The molecule has 0 fully saturated rings. The molecule has 0 aliphatic rings. The second-order valence-corrected chi connectivity index (χ2v) is 5.16. The van der Waals surface area contributed by atoms with E-state index in [0.717, 1.165) is 0 Å². The Labute approximate surface area is 98.9 Å². The lowest BCUT2D eigenvalue weighted by molar-refractivity contribution is -0.119. The number of halogens is 1. The van der Waals surface area contributed by atoms with Gasteiger partial charge in [0, 0.05) is 12.1 Å². The first-order valence-corrected chi connectivity index (χ1v) is 6.27. The third kappa shape index (κ3) is 3.48. The van der Waals surface area contributed by atoms with E-state index in [9.17, 15) is 13.2 Å². The Kier molecular flexibility index (Phi) is 4.28. The summed E-state index contributed by atoms with van der Waals surface area (Å²) in [6, 6.07) is 5.81. The highest BCUT2D eigenvalue weighted by molar-refractivity contribution is 7.89. The first-order valence-electron chi connectivity index (χ1n) is 4.41. The summed E-state index contributed by atoms with van der Waals surface area (Å²) >= 11 is 5.67. The third-order valence-electron chi connectivity index (χ3n) is 1.81. The summed E-state index contributed by atoms with van der Waals surface area (Å²) in [6.45, 7) is -0.300. The normalized spacial score (nSPS) is 11.1. The molecule has 0 aliphatic heterocycles. The molecule has 0 radical (unpaired) electrons. The van der Waals surface area contributed by atoms with Gasteiger partial charge in [-0.15, -0.1) is 0 Å². The van der Waals surface area contributed by atoms with Gasteiger partial charge in [-0.25, -0.2) is 13.1 Å². The van der Waals surface area contributed by atoms with Crippen LogP contribution in [0.1, 0.15) is 0 Å². The van der Waals surface area contributed by atoms with Crippen molar-refractivity contribution in [2.75, 3.05) is 13.6 Å². The van der Waals surface area contributed by atoms with E-state index >= 15 is 0 Å². The Bertz CT molecular complexity index is 487. The summed E-state index contributed by atoms with van der Waals surface area (Å²) in [5.41, 5.74) is 0. The second-order valence-electron chi connectivity index (χ2n) is 2.96. The molecule has 0 unspecified atom stereocenters. The summed E-state index contributed by atoms with van der Waals surface area (Å²) in [7, 11) is -2.26. The molecule has 0 aromatic heterocycles. The topological polar surface area (TPSA) is 75.3 Å². The smallest absolute Gasteiger partial charge is 0.241 e. The number of rotatable bonds is 4. The van der Waals surface area contributed by atoms with Gasteiger partial charge in [-0.1, -0.05) is 17.7 Å². The van der Waals surface area contributed by atoms with E-state index < -0.39 is 15.9 Å². The first kappa shape index (κ1) is 13.0. The largest absolute Gasteiger partial charge is 0.358 e. The molecule has 0 saturated carbocycles. The Morgan fingerprint density at radius 1 is 1.44 bits per heavy atom. The highest BCUT2D eigenvalue weighted by atomic mass is 35.5. The number of hydrogen-bond donors (Lipinski definition) is 2. The van der Waals surface area contributed by atoms with Gasteiger partial charge in [-0.3, -0.25) is 4.79 Å². The lowest BCUT2D eigenvalue weighted by Gasteiger charge is -2.05. The van der Waals surface area contributed by atoms with Gasteiger partial charge >= 0.3 is 0 Å². The number of nitrogens with one attached hydrogen (secondary N) is 2. The maximum absolute atomic E-state index is 11.7. The summed E-state index contributed by atoms with van der Waals surface area (Å²) in [6.07, 6.45) is 0. The molecule has 1 rings (SSSR count). The molecule has 1 aromatic rings. The minimum atomic E-state index is -3.68. The minimum Gasteiger partial charge on any atom is -0.358 e. The standard InChI is InChI=1S/C9H11ClN2O3S/c1-11-9(13)6-12-16(14,15)8-4-2-3-7(10)5-8/h2-5,12H,6H2,1H3,(H,11,13). The first-order chi connectivity index (χ1) is 7.45. The summed E-state index contributed by atoms with van der Waals surface area (Å²) < 4.78 is 25.5. The van der Waals surface area contributed by atoms with Crippen molar-refractivity contribution in [1.82, 2.24) is 10.0 Å². The van der Waals surface area contributed by atoms with Crippen molar-refractivity contribution in [2.45, 2.75) is 4.90 Å². The van der Waals surface area contributed by atoms with Gasteiger partial charge in [0.05, 0.1) is 11.4 Å². The lowest BCUT2D eigenvalue weighted by Crippen LogP contribution is -2.35. The van der Waals surface area contributed by atoms with Gasteiger partial charge in [0.2, 0.25) is 15.9 Å². The predicted molar refractivity (Wildman–Crippen MR) is 60.7 cm³/mol. The van der Waals surface area contributed by atoms with Crippen LogP contribution in [-0.4, -0.2) is 27.9 Å². The van der Waals surface area contributed by atoms with Crippen LogP contribution in [0.3, 0.4) is 0 Å². The average Bonchev–Trinajstić information content (AvgIpc) is 2.26. The van der Waals surface area contributed by atoms with Crippen LogP contribution in [-0.2, 0) is 14.8 Å². The highest BCUT2D eigenvalue weighted by Crippen LogP contribution is 2.14. The third-order valence-corrected chi connectivity index (χ3v) is 3.44. The van der Waals surface area contributed by atoms with Crippen LogP contribution in [0.2, 0.25) is 5.02 Å². The van der Waals surface area contributed by atoms with Crippen LogP contribution >= 0.6 is 11.6 Å². The number of likely N-dealkylation sites (N-methyl/N-ethyl adjacent to an activating group) is 1. The molecule has 1 amide bonds. The molecule has 88 valence electrons. The Morgan fingerprint density at radius 2 is 2.12 bits per heavy atom. The lowest BCUT2D eigenvalue weighted by atomic mass is 10.4. The molecule has 0 saturated heterocycles. The minimum absolute atomic E-state index is 0.0314. The molecular weight excluding hydrogens is 252 g/mol. The number of benzene rings is 1. The molecule has 0 atom stereocenters. The van der Waals surface area contributed by atoms with Crippen molar-refractivity contribution in [2.24, 2.45) is 0 Å². The number of hydrogen-bond acceptors (Lipinski definition) is 3. The highest BCUT2D eigenvalue weighted by Gasteiger charge is 2.14. The molecule has 7 heteroatoms. The van der Waals surface area contributed by atoms with Crippen molar-refractivity contribution in [3.63, 3.8) is 0 Å². The molecule has 2 N–H and O–H groups in total. The summed E-state index contributed by atoms with van der Waals surface area (Å²) in [5, 5.41) is 2.63. The van der Waals surface area contributed by atoms with E-state index in [1.165, 1.54) is 25.2 Å². The zero-order valence-electron chi connectivity index (χ0n) is 8.53. The fourth-order valence-corrected chi connectivity index (χ4v) is 2.25. The number of carbonyl (C=O) groups excluding carboxylic acids is 1. The monoisotopic (exact) mass is 262 g/mol. The van der Waals surface area contributed by atoms with Crippen LogP contribution in [0, 0.1) is 0 Å². The number of carbonyl (C=O) groups is 1. The Balaban J connectivity index is 2.82. The van der Waals surface area contributed by atoms with Crippen LogP contribution in [0.15, 0.2) is 29.2 Å². The number of sulfonamides is 1. The number of amides is 1. The van der Waals surface area contributed by atoms with Gasteiger partial charge in [-0.2, -0.15) is 0 Å². The zero-order valence-corrected chi connectivity index (χ0v) is 10.1. The van der Waals surface area contributed by atoms with E-state index in [4.69, 9.17) is 11.6 Å². The van der Waals surface area contributed by atoms with Crippen LogP contribution in [0.4, 0.5) is 0 Å². The van der Waals surface area contributed by atoms with Gasteiger partial charge in [0.25, 0.3) is 0 Å². The van der Waals surface area contributed by atoms with Crippen LogP contribution in [0.25, 0.3) is 0 Å². The molecule has 0 aliphatic carbocycles. The van der Waals surface area contributed by atoms with Crippen molar-refractivity contribution in [3.05, 3.63) is 29.3 Å². The average molecular weight is 263 g/mol. The van der Waals surface area contributed by atoms with E-state index in [0.29, 0.717) is 5.02 Å². The molecule has 1 aromatic carbocycles. The molecule has 0 spiro atoms. The maximum atomic E-state index is 11.7. The maximum Gasteiger partial charge on any atom is 0.241 e. The SMILES string of the molecule is CNC(=O)CNS(=O)(=O)c1cccc(Cl)c1. The molecule has 0 heterocycles. The zero-order chi connectivity index (χ0) is 12.2. The van der Waals surface area contributed by atoms with Gasteiger partial charge < -0.3 is 5.32 Å². The Morgan fingerprint density at radius 3 is 2.69 bits per heavy atom. The fourth-order valence-electron chi connectivity index (χ4n) is 0.966. The predicted octanol–water partition coefficient (Wildman–Crippen LogP) is 0.364. The van der Waals surface area contributed by atoms with Crippen LogP contribution < -0.4 is 10.0 Å². The van der Waals surface area contributed by atoms with Crippen molar-refractivity contribution in [1.29, 1.82) is 0 Å². The van der Waals surface area contributed by atoms with E-state index in [1.54, 1.807) is 6.07 Å². The van der Waals surface area contributed by atoms with Crippen LogP contribution in [0.5, 0.6) is 0 Å². The van der Waals surface area contributed by atoms with Crippen molar-refractivity contribution >= 4 is 27.5 Å². The quantitative estimate of drug-likeness (QED) is 0.823. The summed E-state index contributed by atoms with van der Waals surface area (Å²) in [4.78, 5) is 10.9. The molecule has 16 heavy (non-hydrogen) atoms. The van der Waals surface area contributed by atoms with E-state index in [2.05, 4.69) is 10.0 Å². The Hall–Kier alpha value is -1.11. The fraction of sp³-hybridized carbons (Fsp3) is 0.222. The summed E-state index contributed by atoms with van der Waals surface area (Å²) in [5.74, 6) is -0.411. The second kappa shape index (κ2) is 5.29.